The highest BCUT2D eigenvalue weighted by molar-refractivity contribution is 5.94. The molecule has 1 rings (SSSR count). The molecule has 0 spiro atoms. The van der Waals surface area contributed by atoms with Crippen molar-refractivity contribution in [3.8, 4) is 0 Å². The van der Waals surface area contributed by atoms with E-state index in [2.05, 4.69) is 31.9 Å². The van der Waals surface area contributed by atoms with E-state index in [0.717, 1.165) is 18.4 Å². The zero-order chi connectivity index (χ0) is 14.4. The highest BCUT2D eigenvalue weighted by Crippen LogP contribution is 2.24. The van der Waals surface area contributed by atoms with Crippen LogP contribution in [0, 0.1) is 0 Å². The van der Waals surface area contributed by atoms with Crippen LogP contribution in [0.4, 0.5) is 0 Å². The van der Waals surface area contributed by atoms with Gasteiger partial charge in [0.15, 0.2) is 5.78 Å². The van der Waals surface area contributed by atoms with Gasteiger partial charge in [-0.1, -0.05) is 37.5 Å². The second kappa shape index (κ2) is 6.93. The molecule has 2 nitrogen and oxygen atoms in total. The van der Waals surface area contributed by atoms with Gasteiger partial charge in [-0.25, -0.2) is 0 Å². The molecule has 102 valence electrons. The van der Waals surface area contributed by atoms with Gasteiger partial charge in [0.05, 0.1) is 0 Å². The van der Waals surface area contributed by atoms with Gasteiger partial charge in [-0.3, -0.25) is 4.79 Å². The summed E-state index contributed by atoms with van der Waals surface area (Å²) in [5.74, 6) is 0.771. The van der Waals surface area contributed by atoms with E-state index >= 15 is 0 Å². The van der Waals surface area contributed by atoms with Crippen molar-refractivity contribution >= 4 is 5.78 Å². The minimum absolute atomic E-state index is 0.140. The molecule has 1 aliphatic carbocycles. The predicted molar refractivity (Wildman–Crippen MR) is 79.7 cm³/mol. The second-order valence-corrected chi connectivity index (χ2v) is 5.02. The molecular formula is C17H22O2. The Bertz CT molecular complexity index is 431. The van der Waals surface area contributed by atoms with Crippen molar-refractivity contribution in [2.75, 3.05) is 6.61 Å². The summed E-state index contributed by atoms with van der Waals surface area (Å²) in [4.78, 5) is 11.5. The molecule has 1 aliphatic rings. The summed E-state index contributed by atoms with van der Waals surface area (Å²) in [5, 5.41) is 0. The highest BCUT2D eigenvalue weighted by atomic mass is 16.5. The van der Waals surface area contributed by atoms with Gasteiger partial charge in [0.25, 0.3) is 0 Å². The van der Waals surface area contributed by atoms with Crippen LogP contribution in [0.1, 0.15) is 33.1 Å². The molecule has 0 N–H and O–H groups in total. The Kier molecular flexibility index (Phi) is 5.56. The van der Waals surface area contributed by atoms with Crippen LogP contribution in [-0.4, -0.2) is 12.4 Å². The summed E-state index contributed by atoms with van der Waals surface area (Å²) in [7, 11) is 0. The van der Waals surface area contributed by atoms with Crippen molar-refractivity contribution in [1.29, 1.82) is 0 Å². The molecule has 0 aromatic heterocycles. The minimum Gasteiger partial charge on any atom is -0.490 e. The van der Waals surface area contributed by atoms with Crippen LogP contribution >= 0.6 is 0 Å². The Morgan fingerprint density at radius 2 is 1.79 bits per heavy atom. The van der Waals surface area contributed by atoms with Gasteiger partial charge in [-0.15, -0.1) is 0 Å². The van der Waals surface area contributed by atoms with Crippen molar-refractivity contribution in [2.24, 2.45) is 0 Å². The summed E-state index contributed by atoms with van der Waals surface area (Å²) >= 11 is 0. The topological polar surface area (TPSA) is 26.3 Å². The van der Waals surface area contributed by atoms with Gasteiger partial charge in [-0.05, 0) is 43.4 Å². The zero-order valence-corrected chi connectivity index (χ0v) is 11.9. The monoisotopic (exact) mass is 258 g/mol. The fraction of sp³-hybridized carbons (Fsp3) is 0.353. The molecule has 0 aliphatic heterocycles. The molecule has 0 saturated heterocycles. The molecule has 0 heterocycles. The number of carbonyl (C=O) groups is 1. The van der Waals surface area contributed by atoms with E-state index in [4.69, 9.17) is 4.74 Å². The van der Waals surface area contributed by atoms with Gasteiger partial charge >= 0.3 is 0 Å². The van der Waals surface area contributed by atoms with Crippen LogP contribution in [-0.2, 0) is 9.53 Å². The molecule has 19 heavy (non-hydrogen) atoms. The quantitative estimate of drug-likeness (QED) is 0.369. The van der Waals surface area contributed by atoms with Gasteiger partial charge in [0, 0.05) is 6.42 Å². The zero-order valence-electron chi connectivity index (χ0n) is 11.9. The number of ether oxygens (including phenoxy) is 1. The van der Waals surface area contributed by atoms with Crippen molar-refractivity contribution in [3.05, 3.63) is 59.9 Å². The number of Topliss-reactive ketones (excluding diaryl/α,β-unsaturated/α-hetero) is 1. The maximum atomic E-state index is 11.5. The maximum Gasteiger partial charge on any atom is 0.158 e. The Hall–Kier alpha value is -1.83. The fourth-order valence-corrected chi connectivity index (χ4v) is 1.71. The molecule has 0 atom stereocenters. The maximum absolute atomic E-state index is 11.5. The van der Waals surface area contributed by atoms with Gasteiger partial charge in [-0.2, -0.15) is 0 Å². The van der Waals surface area contributed by atoms with E-state index in [9.17, 15) is 4.79 Å². The van der Waals surface area contributed by atoms with Crippen LogP contribution in [0.25, 0.3) is 0 Å². The Morgan fingerprint density at radius 3 is 2.37 bits per heavy atom. The smallest absolute Gasteiger partial charge is 0.158 e. The number of carbonyl (C=O) groups excluding carboxylic acids is 1. The number of rotatable bonds is 8. The van der Waals surface area contributed by atoms with Crippen molar-refractivity contribution in [1.82, 2.24) is 0 Å². The molecule has 0 amide bonds. The lowest BCUT2D eigenvalue weighted by Crippen LogP contribution is -2.00. The third-order valence-corrected chi connectivity index (χ3v) is 3.07. The molecule has 2 heteroatoms. The molecule has 0 bridgehead atoms. The average Bonchev–Trinajstić information content (AvgIpc) is 2.80. The van der Waals surface area contributed by atoms with E-state index in [-0.39, 0.29) is 5.78 Å². The van der Waals surface area contributed by atoms with Crippen molar-refractivity contribution < 1.29 is 9.53 Å². The Labute approximate surface area is 115 Å². The average molecular weight is 258 g/mol. The van der Waals surface area contributed by atoms with Gasteiger partial charge < -0.3 is 4.74 Å². The van der Waals surface area contributed by atoms with Crippen LogP contribution < -0.4 is 0 Å². The van der Waals surface area contributed by atoms with Crippen LogP contribution in [0.5, 0.6) is 0 Å². The Balaban J connectivity index is 2.29. The molecular weight excluding hydrogens is 236 g/mol. The predicted octanol–water partition coefficient (Wildman–Crippen LogP) is 4.27. The largest absolute Gasteiger partial charge is 0.490 e. The summed E-state index contributed by atoms with van der Waals surface area (Å²) in [6, 6.07) is 0. The van der Waals surface area contributed by atoms with E-state index in [0.29, 0.717) is 24.4 Å². The summed E-state index contributed by atoms with van der Waals surface area (Å²) in [5.41, 5.74) is 3.96. The SMILES string of the molecule is C=C(C)C(=C)OCC1=CC=C(CCC(=O)C(=C)C)C1. The second-order valence-electron chi connectivity index (χ2n) is 5.02. The fourth-order valence-electron chi connectivity index (χ4n) is 1.71. The molecule has 0 saturated carbocycles. The molecule has 0 aromatic carbocycles. The lowest BCUT2D eigenvalue weighted by molar-refractivity contribution is -0.115. The van der Waals surface area contributed by atoms with Gasteiger partial charge in [0.2, 0.25) is 0 Å². The summed E-state index contributed by atoms with van der Waals surface area (Å²) < 4.78 is 5.52. The lowest BCUT2D eigenvalue weighted by Gasteiger charge is -2.10. The van der Waals surface area contributed by atoms with Crippen molar-refractivity contribution in [3.63, 3.8) is 0 Å². The van der Waals surface area contributed by atoms with Gasteiger partial charge in [0.1, 0.15) is 12.4 Å². The Morgan fingerprint density at radius 1 is 1.16 bits per heavy atom. The number of hydrogen-bond donors (Lipinski definition) is 0. The summed E-state index contributed by atoms with van der Waals surface area (Å²) in [6.07, 6.45) is 6.36. The third-order valence-electron chi connectivity index (χ3n) is 3.07. The first-order valence-corrected chi connectivity index (χ1v) is 6.44. The van der Waals surface area contributed by atoms with E-state index < -0.39 is 0 Å². The first-order valence-electron chi connectivity index (χ1n) is 6.44. The number of ketones is 1. The molecule has 0 radical (unpaired) electrons. The van der Waals surface area contributed by atoms with Crippen molar-refractivity contribution in [2.45, 2.75) is 33.1 Å². The minimum atomic E-state index is 0.140. The van der Waals surface area contributed by atoms with E-state index in [1.54, 1.807) is 6.92 Å². The van der Waals surface area contributed by atoms with E-state index in [1.165, 1.54) is 11.1 Å². The van der Waals surface area contributed by atoms with E-state index in [1.807, 2.05) is 6.92 Å². The van der Waals surface area contributed by atoms with Crippen LogP contribution in [0.2, 0.25) is 0 Å². The molecule has 0 unspecified atom stereocenters. The normalized spacial score (nSPS) is 13.6. The summed E-state index contributed by atoms with van der Waals surface area (Å²) in [6.45, 7) is 15.4. The lowest BCUT2D eigenvalue weighted by atomic mass is 10.0. The first kappa shape index (κ1) is 15.2. The number of allylic oxidation sites excluding steroid dienone is 5. The molecule has 0 fully saturated rings. The van der Waals surface area contributed by atoms with Crippen LogP contribution in [0.3, 0.4) is 0 Å². The molecule has 0 aromatic rings. The standard InChI is InChI=1S/C17H22O2/c1-12(2)14(5)19-11-16-7-6-15(10-16)8-9-17(18)13(3)4/h6-7H,1,3,5,8-11H2,2,4H3. The third kappa shape index (κ3) is 5.12. The van der Waals surface area contributed by atoms with Crippen LogP contribution in [0.15, 0.2) is 59.9 Å². The highest BCUT2D eigenvalue weighted by Gasteiger charge is 2.11. The first-order chi connectivity index (χ1) is 8.90. The number of hydrogen-bond acceptors (Lipinski definition) is 2.